The van der Waals surface area contributed by atoms with Crippen molar-refractivity contribution >= 4 is 17.7 Å². The lowest BCUT2D eigenvalue weighted by Crippen LogP contribution is -2.31. The molecule has 1 amide bonds. The molecule has 1 aromatic carbocycles. The van der Waals surface area contributed by atoms with Gasteiger partial charge in [-0.1, -0.05) is 24.3 Å². The zero-order chi connectivity index (χ0) is 17.3. The molecule has 2 atom stereocenters. The second-order valence-electron chi connectivity index (χ2n) is 7.04. The number of ether oxygens (including phenoxy) is 2. The van der Waals surface area contributed by atoms with Crippen LogP contribution >= 0.6 is 0 Å². The molecule has 0 spiro atoms. The van der Waals surface area contributed by atoms with E-state index < -0.39 is 11.5 Å². The van der Waals surface area contributed by atoms with Crippen LogP contribution in [0.5, 0.6) is 0 Å². The summed E-state index contributed by atoms with van der Waals surface area (Å²) in [4.78, 5) is 23.9. The third-order valence-electron chi connectivity index (χ3n) is 4.77. The van der Waals surface area contributed by atoms with E-state index in [1.807, 2.05) is 24.3 Å². The molecule has 5 heteroatoms. The maximum absolute atomic E-state index is 12.3. The summed E-state index contributed by atoms with van der Waals surface area (Å²) in [5.41, 5.74) is 2.40. The molecule has 1 heterocycles. The number of cyclic esters (lactones) is 1. The fraction of sp³-hybridized carbons (Fsp3) is 0.474. The van der Waals surface area contributed by atoms with Crippen molar-refractivity contribution in [2.45, 2.75) is 39.2 Å². The molecule has 1 saturated heterocycles. The average molecular weight is 329 g/mol. The predicted molar refractivity (Wildman–Crippen MR) is 90.6 cm³/mol. The molecule has 3 rings (SSSR count). The van der Waals surface area contributed by atoms with Crippen molar-refractivity contribution in [3.8, 4) is 0 Å². The predicted octanol–water partition coefficient (Wildman–Crippen LogP) is 3.70. The maximum Gasteiger partial charge on any atom is 0.411 e. The number of hydrogen-bond acceptors (Lipinski definition) is 4. The number of amides is 1. The monoisotopic (exact) mass is 329 g/mol. The first kappa shape index (κ1) is 16.6. The Bertz CT molecular complexity index is 664. The molecule has 2 aliphatic rings. The summed E-state index contributed by atoms with van der Waals surface area (Å²) in [7, 11) is 0. The number of esters is 1. The molecule has 1 aliphatic carbocycles. The number of allylic oxidation sites excluding steroid dienone is 1. The van der Waals surface area contributed by atoms with Gasteiger partial charge >= 0.3 is 12.1 Å². The minimum atomic E-state index is -0.470. The van der Waals surface area contributed by atoms with Crippen LogP contribution in [-0.2, 0) is 20.7 Å². The number of benzene rings is 1. The van der Waals surface area contributed by atoms with Gasteiger partial charge in [-0.05, 0) is 50.8 Å². The average Bonchev–Trinajstić information content (AvgIpc) is 2.96. The van der Waals surface area contributed by atoms with E-state index in [4.69, 9.17) is 9.47 Å². The number of fused-ring (bicyclic) bond motifs is 1. The van der Waals surface area contributed by atoms with Crippen LogP contribution < -0.4 is 5.32 Å². The summed E-state index contributed by atoms with van der Waals surface area (Å²) in [6, 6.07) is 7.52. The van der Waals surface area contributed by atoms with Crippen LogP contribution in [0.1, 0.15) is 32.3 Å². The van der Waals surface area contributed by atoms with Gasteiger partial charge in [0.2, 0.25) is 0 Å². The van der Waals surface area contributed by atoms with Crippen LogP contribution in [0.3, 0.4) is 0 Å². The molecule has 2 unspecified atom stereocenters. The van der Waals surface area contributed by atoms with E-state index in [0.717, 1.165) is 17.6 Å². The quantitative estimate of drug-likeness (QED) is 0.676. The van der Waals surface area contributed by atoms with E-state index in [1.54, 1.807) is 13.8 Å². The molecule has 0 radical (unpaired) electrons. The lowest BCUT2D eigenvalue weighted by Gasteiger charge is -2.24. The number of carbonyl (C=O) groups is 2. The summed E-state index contributed by atoms with van der Waals surface area (Å²) in [5, 5.41) is 2.69. The molecule has 24 heavy (non-hydrogen) atoms. The SMILES string of the molecule is C=C1CC2COC(=O)C2(Cc2ccc(NC(=O)OC(C)C)cc2)C1. The van der Waals surface area contributed by atoms with Crippen molar-refractivity contribution in [1.82, 2.24) is 0 Å². The van der Waals surface area contributed by atoms with E-state index >= 15 is 0 Å². The van der Waals surface area contributed by atoms with Gasteiger partial charge < -0.3 is 9.47 Å². The standard InChI is InChI=1S/C19H23NO4/c1-12(2)24-18(22)20-16-6-4-14(5-7-16)10-19-9-13(3)8-15(19)11-23-17(19)21/h4-7,12,15H,3,8-11H2,1-2H3,(H,20,22). The van der Waals surface area contributed by atoms with Crippen LogP contribution in [-0.4, -0.2) is 24.8 Å². The van der Waals surface area contributed by atoms with Crippen LogP contribution in [0.2, 0.25) is 0 Å². The minimum Gasteiger partial charge on any atom is -0.465 e. The largest absolute Gasteiger partial charge is 0.465 e. The van der Waals surface area contributed by atoms with Gasteiger partial charge in [-0.25, -0.2) is 4.79 Å². The zero-order valence-corrected chi connectivity index (χ0v) is 14.1. The number of hydrogen-bond donors (Lipinski definition) is 1. The Morgan fingerprint density at radius 1 is 1.42 bits per heavy atom. The molecular formula is C19H23NO4. The fourth-order valence-electron chi connectivity index (χ4n) is 3.69. The normalized spacial score (nSPS) is 25.5. The summed E-state index contributed by atoms with van der Waals surface area (Å²) in [6.45, 7) is 8.16. The highest BCUT2D eigenvalue weighted by molar-refractivity contribution is 5.84. The minimum absolute atomic E-state index is 0.103. The smallest absolute Gasteiger partial charge is 0.411 e. The highest BCUT2D eigenvalue weighted by Crippen LogP contribution is 2.52. The molecule has 5 nitrogen and oxygen atoms in total. The van der Waals surface area contributed by atoms with Crippen molar-refractivity contribution in [2.75, 3.05) is 11.9 Å². The van der Waals surface area contributed by atoms with E-state index in [2.05, 4.69) is 11.9 Å². The van der Waals surface area contributed by atoms with Gasteiger partial charge in [0.15, 0.2) is 0 Å². The Morgan fingerprint density at radius 3 is 2.79 bits per heavy atom. The molecule has 128 valence electrons. The van der Waals surface area contributed by atoms with Crippen molar-refractivity contribution in [3.05, 3.63) is 42.0 Å². The van der Waals surface area contributed by atoms with Crippen molar-refractivity contribution in [3.63, 3.8) is 0 Å². The Hall–Kier alpha value is -2.30. The van der Waals surface area contributed by atoms with Crippen LogP contribution in [0.4, 0.5) is 10.5 Å². The Morgan fingerprint density at radius 2 is 2.12 bits per heavy atom. The highest BCUT2D eigenvalue weighted by Gasteiger charge is 2.55. The summed E-state index contributed by atoms with van der Waals surface area (Å²) >= 11 is 0. The van der Waals surface area contributed by atoms with Crippen LogP contribution in [0, 0.1) is 11.3 Å². The second kappa shape index (κ2) is 6.30. The molecule has 0 bridgehead atoms. The van der Waals surface area contributed by atoms with Crippen molar-refractivity contribution in [1.29, 1.82) is 0 Å². The van der Waals surface area contributed by atoms with Crippen molar-refractivity contribution < 1.29 is 19.1 Å². The van der Waals surface area contributed by atoms with Crippen molar-refractivity contribution in [2.24, 2.45) is 11.3 Å². The molecule has 1 saturated carbocycles. The van der Waals surface area contributed by atoms with E-state index in [9.17, 15) is 9.59 Å². The van der Waals surface area contributed by atoms with E-state index in [-0.39, 0.29) is 18.0 Å². The van der Waals surface area contributed by atoms with E-state index in [0.29, 0.717) is 25.1 Å². The first-order valence-corrected chi connectivity index (χ1v) is 8.29. The van der Waals surface area contributed by atoms with Gasteiger partial charge in [0.1, 0.15) is 0 Å². The molecule has 2 fully saturated rings. The topological polar surface area (TPSA) is 64.6 Å². The molecular weight excluding hydrogens is 306 g/mol. The summed E-state index contributed by atoms with van der Waals surface area (Å²) < 4.78 is 10.4. The second-order valence-corrected chi connectivity index (χ2v) is 7.04. The van der Waals surface area contributed by atoms with Gasteiger partial charge in [-0.3, -0.25) is 10.1 Å². The van der Waals surface area contributed by atoms with Crippen LogP contribution in [0.25, 0.3) is 0 Å². The first-order chi connectivity index (χ1) is 11.4. The Kier molecular flexibility index (Phi) is 4.35. The van der Waals surface area contributed by atoms with E-state index in [1.165, 1.54) is 0 Å². The van der Waals surface area contributed by atoms with Crippen LogP contribution in [0.15, 0.2) is 36.4 Å². The third-order valence-corrected chi connectivity index (χ3v) is 4.77. The Labute approximate surface area is 142 Å². The van der Waals surface area contributed by atoms with Gasteiger partial charge in [0.25, 0.3) is 0 Å². The molecule has 1 aliphatic heterocycles. The number of nitrogens with one attached hydrogen (secondary N) is 1. The number of anilines is 1. The molecule has 1 aromatic rings. The van der Waals surface area contributed by atoms with Gasteiger partial charge in [0, 0.05) is 11.6 Å². The highest BCUT2D eigenvalue weighted by atomic mass is 16.6. The van der Waals surface area contributed by atoms with Gasteiger partial charge in [0.05, 0.1) is 18.1 Å². The molecule has 0 aromatic heterocycles. The fourth-order valence-corrected chi connectivity index (χ4v) is 3.69. The van der Waals surface area contributed by atoms with Gasteiger partial charge in [-0.15, -0.1) is 0 Å². The first-order valence-electron chi connectivity index (χ1n) is 8.29. The lowest BCUT2D eigenvalue weighted by atomic mass is 9.75. The lowest BCUT2D eigenvalue weighted by molar-refractivity contribution is -0.146. The molecule has 1 N–H and O–H groups in total. The number of rotatable bonds is 4. The zero-order valence-electron chi connectivity index (χ0n) is 14.1. The summed E-state index contributed by atoms with van der Waals surface area (Å²) in [6.07, 6.45) is 1.59. The summed E-state index contributed by atoms with van der Waals surface area (Å²) in [5.74, 6) is 0.130. The Balaban J connectivity index is 1.69. The van der Waals surface area contributed by atoms with Gasteiger partial charge in [-0.2, -0.15) is 0 Å². The number of carbonyl (C=O) groups excluding carboxylic acids is 2. The third kappa shape index (κ3) is 3.16. The maximum atomic E-state index is 12.3.